The minimum Gasteiger partial charge on any atom is -0.411 e. The van der Waals surface area contributed by atoms with Gasteiger partial charge in [-0.1, -0.05) is 44.0 Å². The Hall–Kier alpha value is -0.553. The Bertz CT molecular complexity index is 632. The molecule has 0 bridgehead atoms. The Morgan fingerprint density at radius 3 is 2.50 bits per heavy atom. The van der Waals surface area contributed by atoms with Gasteiger partial charge in [0.05, 0.1) is 22.3 Å². The molecule has 0 aliphatic rings. The van der Waals surface area contributed by atoms with Crippen LogP contribution in [0.25, 0.3) is 5.65 Å². The van der Waals surface area contributed by atoms with Crippen LogP contribution in [0.4, 0.5) is 0 Å². The second kappa shape index (κ2) is 5.33. The fourth-order valence-corrected chi connectivity index (χ4v) is 3.08. The van der Waals surface area contributed by atoms with E-state index in [1.165, 1.54) is 0 Å². The molecule has 0 aliphatic carbocycles. The molecule has 2 aromatic heterocycles. The van der Waals surface area contributed by atoms with Gasteiger partial charge in [0.15, 0.2) is 14.0 Å². The molecule has 2 aromatic rings. The summed E-state index contributed by atoms with van der Waals surface area (Å²) in [6.07, 6.45) is 3.71. The maximum atomic E-state index is 6.17. The van der Waals surface area contributed by atoms with Crippen LogP contribution in [-0.2, 0) is 11.0 Å². The molecule has 0 atom stereocenters. The molecule has 0 saturated heterocycles. The Kier molecular flexibility index (Phi) is 4.22. The average molecular weight is 331 g/mol. The van der Waals surface area contributed by atoms with E-state index in [-0.39, 0.29) is 5.04 Å². The highest BCUT2D eigenvalue weighted by Crippen LogP contribution is 2.37. The van der Waals surface area contributed by atoms with E-state index >= 15 is 0 Å². The second-order valence-electron chi connectivity index (χ2n) is 6.52. The first-order valence-corrected chi connectivity index (χ1v) is 10.2. The van der Waals surface area contributed by atoms with Crippen LogP contribution in [0.1, 0.15) is 26.5 Å². The van der Waals surface area contributed by atoms with Crippen molar-refractivity contribution >= 4 is 37.2 Å². The smallest absolute Gasteiger partial charge is 0.192 e. The van der Waals surface area contributed by atoms with Crippen LogP contribution in [0.15, 0.2) is 18.5 Å². The van der Waals surface area contributed by atoms with Crippen LogP contribution in [0.5, 0.6) is 0 Å². The van der Waals surface area contributed by atoms with Crippen molar-refractivity contribution in [2.45, 2.75) is 45.5 Å². The molecule has 2 heterocycles. The quantitative estimate of drug-likeness (QED) is 0.726. The third-order valence-corrected chi connectivity index (χ3v) is 8.87. The van der Waals surface area contributed by atoms with E-state index in [4.69, 9.17) is 27.6 Å². The fraction of sp³-hybridized carbons (Fsp3) is 0.500. The van der Waals surface area contributed by atoms with Crippen molar-refractivity contribution in [3.05, 3.63) is 34.2 Å². The fourth-order valence-electron chi connectivity index (χ4n) is 1.62. The molecular formula is C14H20Cl2N2OSi. The van der Waals surface area contributed by atoms with Gasteiger partial charge in [-0.15, -0.1) is 0 Å². The van der Waals surface area contributed by atoms with E-state index in [1.807, 2.05) is 10.6 Å². The second-order valence-corrected chi connectivity index (χ2v) is 12.2. The molecule has 0 radical (unpaired) electrons. The van der Waals surface area contributed by atoms with E-state index in [0.29, 0.717) is 22.3 Å². The third-order valence-electron chi connectivity index (χ3n) is 3.91. The Morgan fingerprint density at radius 1 is 1.25 bits per heavy atom. The van der Waals surface area contributed by atoms with E-state index in [9.17, 15) is 0 Å². The van der Waals surface area contributed by atoms with Crippen molar-refractivity contribution in [3.63, 3.8) is 0 Å². The van der Waals surface area contributed by atoms with Gasteiger partial charge in [-0.25, -0.2) is 4.98 Å². The topological polar surface area (TPSA) is 26.5 Å². The SMILES string of the molecule is CC(C)(C)[Si](C)(C)OCc1cn2cc(Cl)cc(Cl)c2n1. The summed E-state index contributed by atoms with van der Waals surface area (Å²) in [6.45, 7) is 11.6. The standard InChI is InChI=1S/C14H20Cl2N2OSi/c1-14(2,3)20(4,5)19-9-11-8-18-7-10(15)6-12(16)13(18)17-11/h6-8H,9H2,1-5H3. The molecule has 3 nitrogen and oxygen atoms in total. The Morgan fingerprint density at radius 2 is 1.90 bits per heavy atom. The number of hydrogen-bond donors (Lipinski definition) is 0. The van der Waals surface area contributed by atoms with Crippen molar-refractivity contribution in [2.24, 2.45) is 0 Å². The van der Waals surface area contributed by atoms with Gasteiger partial charge in [-0.3, -0.25) is 0 Å². The van der Waals surface area contributed by atoms with Crippen LogP contribution >= 0.6 is 23.2 Å². The van der Waals surface area contributed by atoms with Gasteiger partial charge in [0.2, 0.25) is 0 Å². The van der Waals surface area contributed by atoms with Crippen molar-refractivity contribution in [3.8, 4) is 0 Å². The number of nitrogens with zero attached hydrogens (tertiary/aromatic N) is 2. The number of aromatic nitrogens is 2. The minimum atomic E-state index is -1.77. The first-order chi connectivity index (χ1) is 9.10. The summed E-state index contributed by atoms with van der Waals surface area (Å²) in [5.74, 6) is 0. The predicted molar refractivity (Wildman–Crippen MR) is 87.2 cm³/mol. The molecule has 6 heteroatoms. The molecule has 0 N–H and O–H groups in total. The molecule has 110 valence electrons. The van der Waals surface area contributed by atoms with E-state index in [1.54, 1.807) is 12.3 Å². The zero-order valence-corrected chi connectivity index (χ0v) is 15.0. The van der Waals surface area contributed by atoms with Crippen molar-refractivity contribution in [1.29, 1.82) is 0 Å². The molecule has 0 aromatic carbocycles. The van der Waals surface area contributed by atoms with Gasteiger partial charge in [0.25, 0.3) is 0 Å². The van der Waals surface area contributed by atoms with Gasteiger partial charge in [-0.05, 0) is 24.2 Å². The highest BCUT2D eigenvalue weighted by molar-refractivity contribution is 6.74. The van der Waals surface area contributed by atoms with Crippen molar-refractivity contribution in [1.82, 2.24) is 9.38 Å². The summed E-state index contributed by atoms with van der Waals surface area (Å²) in [6, 6.07) is 1.70. The van der Waals surface area contributed by atoms with Crippen molar-refractivity contribution in [2.75, 3.05) is 0 Å². The maximum Gasteiger partial charge on any atom is 0.192 e. The zero-order valence-electron chi connectivity index (χ0n) is 12.5. The number of halogens is 2. The molecular weight excluding hydrogens is 311 g/mol. The Balaban J connectivity index is 2.21. The van der Waals surface area contributed by atoms with Crippen LogP contribution < -0.4 is 0 Å². The molecule has 0 aliphatic heterocycles. The summed E-state index contributed by atoms with van der Waals surface area (Å²) >= 11 is 12.1. The zero-order chi connectivity index (χ0) is 15.1. The van der Waals surface area contributed by atoms with Crippen LogP contribution in [-0.4, -0.2) is 17.7 Å². The summed E-state index contributed by atoms with van der Waals surface area (Å²) in [7, 11) is -1.77. The number of pyridine rings is 1. The summed E-state index contributed by atoms with van der Waals surface area (Å²) in [5, 5.41) is 1.33. The molecule has 20 heavy (non-hydrogen) atoms. The summed E-state index contributed by atoms with van der Waals surface area (Å²) < 4.78 is 8.01. The number of rotatable bonds is 3. The lowest BCUT2D eigenvalue weighted by molar-refractivity contribution is 0.272. The molecule has 0 saturated carbocycles. The normalized spacial score (nSPS) is 13.2. The molecule has 2 rings (SSSR count). The summed E-state index contributed by atoms with van der Waals surface area (Å²) in [4.78, 5) is 4.51. The van der Waals surface area contributed by atoms with Gasteiger partial charge in [0, 0.05) is 12.4 Å². The highest BCUT2D eigenvalue weighted by Gasteiger charge is 2.37. The van der Waals surface area contributed by atoms with Gasteiger partial charge < -0.3 is 8.83 Å². The predicted octanol–water partition coefficient (Wildman–Crippen LogP) is 5.16. The van der Waals surface area contributed by atoms with E-state index in [2.05, 4.69) is 38.8 Å². The molecule has 0 spiro atoms. The highest BCUT2D eigenvalue weighted by atomic mass is 35.5. The Labute approximate surface area is 131 Å². The van der Waals surface area contributed by atoms with Crippen LogP contribution in [0, 0.1) is 0 Å². The maximum absolute atomic E-state index is 6.17. The van der Waals surface area contributed by atoms with Crippen molar-refractivity contribution < 1.29 is 4.43 Å². The third kappa shape index (κ3) is 3.19. The lowest BCUT2D eigenvalue weighted by Gasteiger charge is -2.35. The van der Waals surface area contributed by atoms with Crippen LogP contribution in [0.2, 0.25) is 28.2 Å². The molecule has 0 fully saturated rings. The number of fused-ring (bicyclic) bond motifs is 1. The van der Waals surface area contributed by atoms with Gasteiger partial charge >= 0.3 is 0 Å². The van der Waals surface area contributed by atoms with E-state index in [0.717, 1.165) is 5.69 Å². The number of hydrogen-bond acceptors (Lipinski definition) is 2. The first kappa shape index (κ1) is 15.8. The first-order valence-electron chi connectivity index (χ1n) is 6.57. The average Bonchev–Trinajstić information content (AvgIpc) is 2.68. The molecule has 0 amide bonds. The van der Waals surface area contributed by atoms with Crippen LogP contribution in [0.3, 0.4) is 0 Å². The van der Waals surface area contributed by atoms with Gasteiger partial charge in [0.1, 0.15) is 0 Å². The largest absolute Gasteiger partial charge is 0.411 e. The monoisotopic (exact) mass is 330 g/mol. The summed E-state index contributed by atoms with van der Waals surface area (Å²) in [5.41, 5.74) is 1.59. The van der Waals surface area contributed by atoms with E-state index < -0.39 is 8.32 Å². The lowest BCUT2D eigenvalue weighted by Crippen LogP contribution is -2.40. The van der Waals surface area contributed by atoms with Gasteiger partial charge in [-0.2, -0.15) is 0 Å². The minimum absolute atomic E-state index is 0.188. The lowest BCUT2D eigenvalue weighted by atomic mass is 10.2. The molecule has 0 unspecified atom stereocenters. The number of imidazole rings is 1.